The zero-order chi connectivity index (χ0) is 21.5. The molecular weight excluding hydrogens is 380 g/mol. The molecule has 30 heavy (non-hydrogen) atoms. The summed E-state index contributed by atoms with van der Waals surface area (Å²) < 4.78 is 1.94. The van der Waals surface area contributed by atoms with Gasteiger partial charge in [-0.2, -0.15) is 5.10 Å². The Labute approximate surface area is 175 Å². The number of guanidine groups is 1. The average Bonchev–Trinajstić information content (AvgIpc) is 3.08. The van der Waals surface area contributed by atoms with E-state index >= 15 is 0 Å². The summed E-state index contributed by atoms with van der Waals surface area (Å²) in [7, 11) is 0. The van der Waals surface area contributed by atoms with Crippen molar-refractivity contribution in [3.8, 4) is 5.69 Å². The lowest BCUT2D eigenvalue weighted by atomic mass is 10.1. The van der Waals surface area contributed by atoms with E-state index in [2.05, 4.69) is 32.9 Å². The molecule has 0 bridgehead atoms. The summed E-state index contributed by atoms with van der Waals surface area (Å²) in [5, 5.41) is 22.1. The highest BCUT2D eigenvalue weighted by Gasteiger charge is 2.10. The molecule has 0 aliphatic heterocycles. The van der Waals surface area contributed by atoms with Crippen LogP contribution in [0.3, 0.4) is 0 Å². The Morgan fingerprint density at radius 3 is 2.63 bits per heavy atom. The summed E-state index contributed by atoms with van der Waals surface area (Å²) in [6.45, 7) is 7.63. The first-order valence-electron chi connectivity index (χ1n) is 9.85. The minimum Gasteiger partial charge on any atom is -0.357 e. The van der Waals surface area contributed by atoms with Crippen LogP contribution in [0.1, 0.15) is 29.4 Å². The van der Waals surface area contributed by atoms with Crippen molar-refractivity contribution >= 4 is 11.6 Å². The second-order valence-electron chi connectivity index (χ2n) is 6.94. The smallest absolute Gasteiger partial charge is 0.269 e. The molecule has 0 aliphatic rings. The fraction of sp³-hybridized carbons (Fsp3) is 0.273. The van der Waals surface area contributed by atoms with Gasteiger partial charge in [-0.1, -0.05) is 30.3 Å². The molecule has 0 spiro atoms. The summed E-state index contributed by atoms with van der Waals surface area (Å²) in [5.74, 6) is 0.646. The highest BCUT2D eigenvalue weighted by molar-refractivity contribution is 5.79. The molecule has 3 aromatic rings. The number of aromatic nitrogens is 2. The second kappa shape index (κ2) is 9.69. The Kier molecular flexibility index (Phi) is 6.79. The van der Waals surface area contributed by atoms with Crippen LogP contribution in [0.2, 0.25) is 0 Å². The third kappa shape index (κ3) is 5.22. The van der Waals surface area contributed by atoms with Crippen LogP contribution in [0.5, 0.6) is 0 Å². The molecule has 1 aromatic heterocycles. The number of nitrogens with zero attached hydrogens (tertiary/aromatic N) is 4. The molecule has 0 fully saturated rings. The minimum atomic E-state index is -0.396. The van der Waals surface area contributed by atoms with Gasteiger partial charge in [-0.3, -0.25) is 10.1 Å². The van der Waals surface area contributed by atoms with Gasteiger partial charge in [0, 0.05) is 30.9 Å². The molecule has 0 unspecified atom stereocenters. The summed E-state index contributed by atoms with van der Waals surface area (Å²) in [6, 6.07) is 16.7. The van der Waals surface area contributed by atoms with Gasteiger partial charge in [0.05, 0.1) is 22.8 Å². The molecule has 156 valence electrons. The van der Waals surface area contributed by atoms with E-state index in [4.69, 9.17) is 0 Å². The van der Waals surface area contributed by atoms with Crippen molar-refractivity contribution in [2.24, 2.45) is 4.99 Å². The lowest BCUT2D eigenvalue weighted by molar-refractivity contribution is -0.384. The Hall–Kier alpha value is -3.68. The van der Waals surface area contributed by atoms with Crippen molar-refractivity contribution < 1.29 is 4.92 Å². The van der Waals surface area contributed by atoms with E-state index in [-0.39, 0.29) is 5.69 Å². The molecule has 3 rings (SSSR count). The lowest BCUT2D eigenvalue weighted by Gasteiger charge is -2.15. The molecule has 0 atom stereocenters. The van der Waals surface area contributed by atoms with Crippen LogP contribution < -0.4 is 10.6 Å². The largest absolute Gasteiger partial charge is 0.357 e. The molecule has 1 heterocycles. The standard InChI is InChI=1S/C22H26N6O2/c1-4-23-22(24-14-18-8-7-10-20(13-18)28(29)30)25-15-19-9-5-6-11-21(19)27-17(3)12-16(2)26-27/h5-13H,4,14-15H2,1-3H3,(H2,23,24,25). The Balaban J connectivity index is 1.75. The van der Waals surface area contributed by atoms with Gasteiger partial charge in [-0.25, -0.2) is 9.67 Å². The first kappa shape index (κ1) is 21.0. The SMILES string of the molecule is CCNC(=NCc1cccc([N+](=O)[O-])c1)NCc1ccccc1-n1nc(C)cc1C. The van der Waals surface area contributed by atoms with Crippen LogP contribution in [-0.4, -0.2) is 27.2 Å². The number of non-ortho nitro benzene ring substituents is 1. The van der Waals surface area contributed by atoms with Gasteiger partial charge in [0.25, 0.3) is 5.69 Å². The second-order valence-corrected chi connectivity index (χ2v) is 6.94. The van der Waals surface area contributed by atoms with E-state index in [0.29, 0.717) is 25.6 Å². The number of aryl methyl sites for hydroxylation is 2. The molecule has 8 nitrogen and oxygen atoms in total. The summed E-state index contributed by atoms with van der Waals surface area (Å²) >= 11 is 0. The average molecular weight is 406 g/mol. The Bertz CT molecular complexity index is 1060. The third-order valence-electron chi connectivity index (χ3n) is 4.56. The number of para-hydroxylation sites is 1. The van der Waals surface area contributed by atoms with Gasteiger partial charge in [0.2, 0.25) is 0 Å². The predicted octanol–water partition coefficient (Wildman–Crippen LogP) is 3.65. The van der Waals surface area contributed by atoms with Crippen molar-refractivity contribution in [3.05, 3.63) is 87.2 Å². The van der Waals surface area contributed by atoms with Crippen LogP contribution in [0.25, 0.3) is 5.69 Å². The van der Waals surface area contributed by atoms with Crippen molar-refractivity contribution in [1.82, 2.24) is 20.4 Å². The molecule has 2 N–H and O–H groups in total. The first-order valence-corrected chi connectivity index (χ1v) is 9.85. The van der Waals surface area contributed by atoms with Crippen LogP contribution in [-0.2, 0) is 13.1 Å². The number of nitro groups is 1. The molecule has 0 aliphatic carbocycles. The van der Waals surface area contributed by atoms with Gasteiger partial charge >= 0.3 is 0 Å². The molecule has 2 aromatic carbocycles. The van der Waals surface area contributed by atoms with E-state index in [1.165, 1.54) is 6.07 Å². The van der Waals surface area contributed by atoms with E-state index in [1.807, 2.05) is 49.7 Å². The van der Waals surface area contributed by atoms with Crippen molar-refractivity contribution in [3.63, 3.8) is 0 Å². The van der Waals surface area contributed by atoms with Crippen LogP contribution >= 0.6 is 0 Å². The van der Waals surface area contributed by atoms with Crippen molar-refractivity contribution in [2.75, 3.05) is 6.54 Å². The zero-order valence-corrected chi connectivity index (χ0v) is 17.4. The fourth-order valence-electron chi connectivity index (χ4n) is 3.20. The Morgan fingerprint density at radius 2 is 1.93 bits per heavy atom. The molecule has 0 radical (unpaired) electrons. The molecular formula is C22H26N6O2. The zero-order valence-electron chi connectivity index (χ0n) is 17.4. The fourth-order valence-corrected chi connectivity index (χ4v) is 3.20. The van der Waals surface area contributed by atoms with Gasteiger partial charge in [0.15, 0.2) is 5.96 Å². The Morgan fingerprint density at radius 1 is 1.13 bits per heavy atom. The summed E-state index contributed by atoms with van der Waals surface area (Å²) in [5.41, 5.74) is 5.01. The summed E-state index contributed by atoms with van der Waals surface area (Å²) in [4.78, 5) is 15.1. The number of hydrogen-bond donors (Lipinski definition) is 2. The lowest BCUT2D eigenvalue weighted by Crippen LogP contribution is -2.37. The van der Waals surface area contributed by atoms with Crippen molar-refractivity contribution in [2.45, 2.75) is 33.9 Å². The highest BCUT2D eigenvalue weighted by atomic mass is 16.6. The highest BCUT2D eigenvalue weighted by Crippen LogP contribution is 2.17. The molecule has 0 saturated heterocycles. The number of nitrogens with one attached hydrogen (secondary N) is 2. The van der Waals surface area contributed by atoms with Gasteiger partial charge in [0.1, 0.15) is 0 Å². The maximum Gasteiger partial charge on any atom is 0.269 e. The van der Waals surface area contributed by atoms with E-state index < -0.39 is 4.92 Å². The van der Waals surface area contributed by atoms with Crippen LogP contribution in [0.15, 0.2) is 59.6 Å². The predicted molar refractivity (Wildman–Crippen MR) is 118 cm³/mol. The van der Waals surface area contributed by atoms with E-state index in [1.54, 1.807) is 12.1 Å². The van der Waals surface area contributed by atoms with Crippen molar-refractivity contribution in [1.29, 1.82) is 0 Å². The van der Waals surface area contributed by atoms with E-state index in [9.17, 15) is 10.1 Å². The van der Waals surface area contributed by atoms with Gasteiger partial charge in [-0.15, -0.1) is 0 Å². The van der Waals surface area contributed by atoms with Gasteiger partial charge in [-0.05, 0) is 44.0 Å². The van der Waals surface area contributed by atoms with Gasteiger partial charge < -0.3 is 10.6 Å². The maximum absolute atomic E-state index is 11.0. The number of benzene rings is 2. The third-order valence-corrected chi connectivity index (χ3v) is 4.56. The maximum atomic E-state index is 11.0. The molecule has 0 saturated carbocycles. The normalized spacial score (nSPS) is 11.4. The molecule has 8 heteroatoms. The quantitative estimate of drug-likeness (QED) is 0.270. The summed E-state index contributed by atoms with van der Waals surface area (Å²) in [6.07, 6.45) is 0. The number of nitro benzene ring substituents is 1. The topological polar surface area (TPSA) is 97.4 Å². The van der Waals surface area contributed by atoms with Crippen LogP contribution in [0, 0.1) is 24.0 Å². The van der Waals surface area contributed by atoms with Crippen LogP contribution in [0.4, 0.5) is 5.69 Å². The first-order chi connectivity index (χ1) is 14.5. The minimum absolute atomic E-state index is 0.0690. The van der Waals surface area contributed by atoms with E-state index in [0.717, 1.165) is 28.2 Å². The number of rotatable bonds is 7. The monoisotopic (exact) mass is 406 g/mol. The number of hydrogen-bond acceptors (Lipinski definition) is 4. The molecule has 0 amide bonds. The number of aliphatic imine (C=N–C) groups is 1.